The van der Waals surface area contributed by atoms with Crippen molar-refractivity contribution in [3.63, 3.8) is 0 Å². The van der Waals surface area contributed by atoms with Crippen LogP contribution in [-0.4, -0.2) is 15.7 Å². The van der Waals surface area contributed by atoms with Crippen molar-refractivity contribution >= 4 is 9.73 Å². The Labute approximate surface area is 76.7 Å². The predicted molar refractivity (Wildman–Crippen MR) is 54.9 cm³/mol. The van der Waals surface area contributed by atoms with E-state index in [4.69, 9.17) is 4.78 Å². The van der Waals surface area contributed by atoms with Crippen LogP contribution in [0.4, 0.5) is 0 Å². The first-order valence-corrected chi connectivity index (χ1v) is 6.47. The van der Waals surface area contributed by atoms with Crippen LogP contribution in [0.5, 0.6) is 0 Å². The highest BCUT2D eigenvalue weighted by Gasteiger charge is 2.09. The molecule has 0 radical (unpaired) electrons. The van der Waals surface area contributed by atoms with Gasteiger partial charge in [-0.2, -0.15) is 0 Å². The van der Waals surface area contributed by atoms with E-state index in [0.29, 0.717) is 23.3 Å². The second kappa shape index (κ2) is 4.85. The zero-order valence-electron chi connectivity index (χ0n) is 8.59. The molecule has 0 aliphatic heterocycles. The number of rotatable bonds is 5. The van der Waals surface area contributed by atoms with Gasteiger partial charge in [0.05, 0.1) is 0 Å². The molecule has 0 rings (SSSR count). The third kappa shape index (κ3) is 6.65. The standard InChI is InChI=1S/C9H21NOS/c1-8(2)5-6-12(10,11)7-9(3)4/h8-10H,5-7H2,1-4H3/t12-/m1/s1. The summed E-state index contributed by atoms with van der Waals surface area (Å²) in [7, 11) is -2.28. The molecule has 0 saturated heterocycles. The Kier molecular flexibility index (Phi) is 4.83. The fourth-order valence-corrected chi connectivity index (χ4v) is 3.14. The monoisotopic (exact) mass is 191 g/mol. The quantitative estimate of drug-likeness (QED) is 0.713. The van der Waals surface area contributed by atoms with Crippen LogP contribution in [0, 0.1) is 16.6 Å². The molecule has 1 atom stereocenters. The highest BCUT2D eigenvalue weighted by molar-refractivity contribution is 7.92. The van der Waals surface area contributed by atoms with Crippen molar-refractivity contribution in [2.45, 2.75) is 34.1 Å². The van der Waals surface area contributed by atoms with Gasteiger partial charge in [-0.05, 0) is 18.3 Å². The fourth-order valence-electron chi connectivity index (χ4n) is 1.05. The molecule has 0 aliphatic carbocycles. The first-order valence-electron chi connectivity index (χ1n) is 4.57. The molecule has 0 aromatic carbocycles. The average molecular weight is 191 g/mol. The van der Waals surface area contributed by atoms with Gasteiger partial charge >= 0.3 is 0 Å². The Balaban J connectivity index is 3.89. The Morgan fingerprint density at radius 3 is 2.00 bits per heavy atom. The number of nitrogens with one attached hydrogen (secondary N) is 1. The van der Waals surface area contributed by atoms with E-state index >= 15 is 0 Å². The summed E-state index contributed by atoms with van der Waals surface area (Å²) in [5.41, 5.74) is 0. The molecular formula is C9H21NOS. The smallest absolute Gasteiger partial charge is 0.0444 e. The maximum Gasteiger partial charge on any atom is 0.0444 e. The molecule has 3 heteroatoms. The highest BCUT2D eigenvalue weighted by atomic mass is 32.2. The van der Waals surface area contributed by atoms with Gasteiger partial charge in [-0.3, -0.25) is 4.78 Å². The topological polar surface area (TPSA) is 40.9 Å². The Morgan fingerprint density at radius 1 is 1.17 bits per heavy atom. The largest absolute Gasteiger partial charge is 0.253 e. The fraction of sp³-hybridized carbons (Fsp3) is 1.00. The molecule has 1 N–H and O–H groups in total. The van der Waals surface area contributed by atoms with Crippen LogP contribution in [0.15, 0.2) is 0 Å². The maximum absolute atomic E-state index is 11.6. The zero-order chi connectivity index (χ0) is 9.78. The summed E-state index contributed by atoms with van der Waals surface area (Å²) in [6, 6.07) is 0. The molecular weight excluding hydrogens is 170 g/mol. The van der Waals surface area contributed by atoms with Gasteiger partial charge < -0.3 is 0 Å². The molecule has 0 heterocycles. The van der Waals surface area contributed by atoms with Crippen molar-refractivity contribution in [2.24, 2.45) is 11.8 Å². The third-order valence-corrected chi connectivity index (χ3v) is 3.73. The van der Waals surface area contributed by atoms with E-state index in [1.807, 2.05) is 13.8 Å². The number of hydrogen-bond acceptors (Lipinski definition) is 2. The van der Waals surface area contributed by atoms with Gasteiger partial charge in [0.1, 0.15) is 0 Å². The number of hydrogen-bond donors (Lipinski definition) is 1. The minimum Gasteiger partial charge on any atom is -0.253 e. The van der Waals surface area contributed by atoms with E-state index < -0.39 is 9.73 Å². The van der Waals surface area contributed by atoms with Crippen LogP contribution in [0.25, 0.3) is 0 Å². The second-order valence-corrected chi connectivity index (χ2v) is 6.62. The summed E-state index contributed by atoms with van der Waals surface area (Å²) in [6.45, 7) is 8.24. The lowest BCUT2D eigenvalue weighted by molar-refractivity contribution is 0.609. The lowest BCUT2D eigenvalue weighted by Crippen LogP contribution is -2.15. The van der Waals surface area contributed by atoms with Crippen molar-refractivity contribution in [3.8, 4) is 0 Å². The minimum absolute atomic E-state index is 0.377. The van der Waals surface area contributed by atoms with E-state index in [1.54, 1.807) is 0 Å². The summed E-state index contributed by atoms with van der Waals surface area (Å²) >= 11 is 0. The summed E-state index contributed by atoms with van der Waals surface area (Å²) in [4.78, 5) is 0. The van der Waals surface area contributed by atoms with E-state index in [2.05, 4.69) is 13.8 Å². The second-order valence-electron chi connectivity index (χ2n) is 4.26. The molecule has 0 aliphatic rings. The van der Waals surface area contributed by atoms with Crippen LogP contribution in [0.3, 0.4) is 0 Å². The Hall–Kier alpha value is -0.0500. The first kappa shape index (κ1) is 11.9. The van der Waals surface area contributed by atoms with Crippen LogP contribution < -0.4 is 0 Å². The van der Waals surface area contributed by atoms with E-state index in [0.717, 1.165) is 6.42 Å². The van der Waals surface area contributed by atoms with Crippen LogP contribution in [0.1, 0.15) is 34.1 Å². The van der Waals surface area contributed by atoms with Gasteiger partial charge in [0.25, 0.3) is 0 Å². The summed E-state index contributed by atoms with van der Waals surface area (Å²) < 4.78 is 19.1. The predicted octanol–water partition coefficient (Wildman–Crippen LogP) is 2.74. The lowest BCUT2D eigenvalue weighted by Gasteiger charge is -2.10. The van der Waals surface area contributed by atoms with Crippen molar-refractivity contribution in [3.05, 3.63) is 0 Å². The summed E-state index contributed by atoms with van der Waals surface area (Å²) in [5.74, 6) is 2.06. The molecule has 0 bridgehead atoms. The minimum atomic E-state index is -2.28. The molecule has 0 aromatic heterocycles. The average Bonchev–Trinajstić information content (AvgIpc) is 1.81. The lowest BCUT2D eigenvalue weighted by atomic mass is 10.2. The van der Waals surface area contributed by atoms with Gasteiger partial charge in [-0.25, -0.2) is 4.21 Å². The SMILES string of the molecule is CC(C)CC[S@@](=N)(=O)CC(C)C. The van der Waals surface area contributed by atoms with Gasteiger partial charge in [0.2, 0.25) is 0 Å². The molecule has 0 fully saturated rings. The van der Waals surface area contributed by atoms with Gasteiger partial charge in [0.15, 0.2) is 0 Å². The summed E-state index contributed by atoms with van der Waals surface area (Å²) in [5, 5.41) is 0. The Morgan fingerprint density at radius 2 is 1.67 bits per heavy atom. The molecule has 0 saturated carbocycles. The Bertz CT molecular complexity index is 205. The van der Waals surface area contributed by atoms with E-state index in [9.17, 15) is 4.21 Å². The van der Waals surface area contributed by atoms with Gasteiger partial charge in [-0.15, -0.1) is 0 Å². The molecule has 2 nitrogen and oxygen atoms in total. The van der Waals surface area contributed by atoms with E-state index in [1.165, 1.54) is 0 Å². The normalized spacial score (nSPS) is 16.8. The van der Waals surface area contributed by atoms with Crippen LogP contribution in [-0.2, 0) is 9.73 Å². The van der Waals surface area contributed by atoms with Gasteiger partial charge in [0, 0.05) is 21.2 Å². The molecule has 12 heavy (non-hydrogen) atoms. The van der Waals surface area contributed by atoms with E-state index in [-0.39, 0.29) is 0 Å². The van der Waals surface area contributed by atoms with Gasteiger partial charge in [-0.1, -0.05) is 27.7 Å². The molecule has 74 valence electrons. The van der Waals surface area contributed by atoms with Crippen molar-refractivity contribution in [1.82, 2.24) is 0 Å². The highest BCUT2D eigenvalue weighted by Crippen LogP contribution is 2.07. The van der Waals surface area contributed by atoms with Crippen LogP contribution in [0.2, 0.25) is 0 Å². The zero-order valence-corrected chi connectivity index (χ0v) is 9.41. The molecule has 0 unspecified atom stereocenters. The maximum atomic E-state index is 11.6. The summed E-state index contributed by atoms with van der Waals surface area (Å²) in [6.07, 6.45) is 0.912. The van der Waals surface area contributed by atoms with Crippen molar-refractivity contribution in [1.29, 1.82) is 4.78 Å². The first-order chi connectivity index (χ1) is 5.33. The molecule has 0 spiro atoms. The van der Waals surface area contributed by atoms with Crippen molar-refractivity contribution in [2.75, 3.05) is 11.5 Å². The third-order valence-electron chi connectivity index (χ3n) is 1.63. The molecule has 0 aromatic rings. The molecule has 0 amide bonds. The van der Waals surface area contributed by atoms with Crippen LogP contribution >= 0.6 is 0 Å². The van der Waals surface area contributed by atoms with Crippen molar-refractivity contribution < 1.29 is 4.21 Å².